The highest BCUT2D eigenvalue weighted by Crippen LogP contribution is 2.41. The van der Waals surface area contributed by atoms with E-state index in [4.69, 9.17) is 0 Å². The molecule has 2 radical (unpaired) electrons. The SMILES string of the molecule is C[C]C(c1ccccc1)(c1ccccc1)c1ccccc1. The molecule has 3 aromatic rings. The third-order valence-corrected chi connectivity index (χ3v) is 4.00. The summed E-state index contributed by atoms with van der Waals surface area (Å²) < 4.78 is 0. The van der Waals surface area contributed by atoms with Crippen LogP contribution in [0.2, 0.25) is 0 Å². The Balaban J connectivity index is 2.29. The van der Waals surface area contributed by atoms with E-state index in [-0.39, 0.29) is 5.41 Å². The zero-order valence-electron chi connectivity index (χ0n) is 12.2. The second-order valence-electron chi connectivity index (χ2n) is 5.10. The van der Waals surface area contributed by atoms with Crippen molar-refractivity contribution in [3.05, 3.63) is 114 Å². The molecule has 0 spiro atoms. The maximum Gasteiger partial charge on any atom is 0.0516 e. The molecule has 102 valence electrons. The van der Waals surface area contributed by atoms with Crippen molar-refractivity contribution in [1.82, 2.24) is 0 Å². The van der Waals surface area contributed by atoms with Gasteiger partial charge >= 0.3 is 0 Å². The fourth-order valence-electron chi connectivity index (χ4n) is 3.00. The first-order valence-electron chi connectivity index (χ1n) is 7.23. The van der Waals surface area contributed by atoms with Gasteiger partial charge in [0.2, 0.25) is 0 Å². The molecule has 0 saturated carbocycles. The van der Waals surface area contributed by atoms with Crippen LogP contribution in [0.25, 0.3) is 0 Å². The summed E-state index contributed by atoms with van der Waals surface area (Å²) in [5, 5.41) is 0. The lowest BCUT2D eigenvalue weighted by Gasteiger charge is -2.34. The third kappa shape index (κ3) is 2.38. The zero-order valence-corrected chi connectivity index (χ0v) is 12.2. The van der Waals surface area contributed by atoms with E-state index in [0.29, 0.717) is 0 Å². The van der Waals surface area contributed by atoms with Gasteiger partial charge in [-0.25, -0.2) is 0 Å². The minimum Gasteiger partial charge on any atom is -0.0622 e. The van der Waals surface area contributed by atoms with Gasteiger partial charge in [-0.1, -0.05) is 97.9 Å². The van der Waals surface area contributed by atoms with E-state index in [2.05, 4.69) is 97.4 Å². The number of hydrogen-bond donors (Lipinski definition) is 0. The highest BCUT2D eigenvalue weighted by molar-refractivity contribution is 5.53. The van der Waals surface area contributed by atoms with Crippen molar-refractivity contribution < 1.29 is 0 Å². The molecule has 0 aliphatic rings. The molecule has 3 aromatic carbocycles. The molecule has 0 fully saturated rings. The molecule has 0 aliphatic carbocycles. The average molecular weight is 270 g/mol. The summed E-state index contributed by atoms with van der Waals surface area (Å²) >= 11 is 0. The van der Waals surface area contributed by atoms with E-state index in [1.807, 2.05) is 6.92 Å². The van der Waals surface area contributed by atoms with Crippen molar-refractivity contribution in [2.24, 2.45) is 0 Å². The van der Waals surface area contributed by atoms with Crippen LogP contribution in [-0.2, 0) is 5.41 Å². The number of rotatable bonds is 4. The number of hydrogen-bond acceptors (Lipinski definition) is 0. The molecule has 0 unspecified atom stereocenters. The lowest BCUT2D eigenvalue weighted by atomic mass is 9.68. The van der Waals surface area contributed by atoms with Crippen LogP contribution < -0.4 is 0 Å². The van der Waals surface area contributed by atoms with Crippen molar-refractivity contribution in [1.29, 1.82) is 0 Å². The molecule has 0 aromatic heterocycles. The molecule has 21 heavy (non-hydrogen) atoms. The Labute approximate surface area is 127 Å². The van der Waals surface area contributed by atoms with Gasteiger partial charge < -0.3 is 0 Å². The standard InChI is InChI=1S/C21H18/c1-2-21(18-12-6-3-7-13-18,19-14-8-4-9-15-19)20-16-10-5-11-17-20/h3-17H,1H3. The van der Waals surface area contributed by atoms with Crippen molar-refractivity contribution >= 4 is 0 Å². The highest BCUT2D eigenvalue weighted by Gasteiger charge is 2.34. The summed E-state index contributed by atoms with van der Waals surface area (Å²) in [6, 6.07) is 31.8. The van der Waals surface area contributed by atoms with Crippen LogP contribution in [0.4, 0.5) is 0 Å². The Bertz CT molecular complexity index is 572. The maximum atomic E-state index is 3.56. The molecule has 0 bridgehead atoms. The van der Waals surface area contributed by atoms with E-state index >= 15 is 0 Å². The van der Waals surface area contributed by atoms with Crippen molar-refractivity contribution in [3.63, 3.8) is 0 Å². The molecule has 0 heteroatoms. The smallest absolute Gasteiger partial charge is 0.0516 e. The normalized spacial score (nSPS) is 11.3. The van der Waals surface area contributed by atoms with Gasteiger partial charge in [0.25, 0.3) is 0 Å². The van der Waals surface area contributed by atoms with Gasteiger partial charge in [0.05, 0.1) is 5.41 Å². The van der Waals surface area contributed by atoms with Crippen molar-refractivity contribution in [2.45, 2.75) is 12.3 Å². The van der Waals surface area contributed by atoms with Crippen LogP contribution in [0.3, 0.4) is 0 Å². The van der Waals surface area contributed by atoms with Crippen LogP contribution in [0.15, 0.2) is 91.0 Å². The minimum absolute atomic E-state index is 0.330. The number of benzene rings is 3. The lowest BCUT2D eigenvalue weighted by molar-refractivity contribution is 0.717. The van der Waals surface area contributed by atoms with E-state index in [1.165, 1.54) is 16.7 Å². The topological polar surface area (TPSA) is 0 Å². The molecule has 0 heterocycles. The van der Waals surface area contributed by atoms with Gasteiger partial charge in [-0.15, -0.1) is 0 Å². The van der Waals surface area contributed by atoms with Crippen molar-refractivity contribution in [2.75, 3.05) is 0 Å². The summed E-state index contributed by atoms with van der Waals surface area (Å²) in [6.45, 7) is 2.02. The Kier molecular flexibility index (Phi) is 3.87. The van der Waals surface area contributed by atoms with E-state index in [0.717, 1.165) is 0 Å². The van der Waals surface area contributed by atoms with Crippen LogP contribution >= 0.6 is 0 Å². The maximum absolute atomic E-state index is 3.56. The second kappa shape index (κ2) is 5.97. The highest BCUT2D eigenvalue weighted by atomic mass is 14.4. The van der Waals surface area contributed by atoms with Crippen LogP contribution in [0.1, 0.15) is 23.6 Å². The van der Waals surface area contributed by atoms with Gasteiger partial charge in [-0.3, -0.25) is 0 Å². The average Bonchev–Trinajstić information content (AvgIpc) is 2.59. The molecule has 0 saturated heterocycles. The Morgan fingerprint density at radius 1 is 0.524 bits per heavy atom. The second-order valence-corrected chi connectivity index (χ2v) is 5.10. The summed E-state index contributed by atoms with van der Waals surface area (Å²) in [5.41, 5.74) is 3.39. The Hall–Kier alpha value is -2.34. The quantitative estimate of drug-likeness (QED) is 0.577. The van der Waals surface area contributed by atoms with E-state index in [1.54, 1.807) is 0 Å². The van der Waals surface area contributed by atoms with Gasteiger partial charge in [0.15, 0.2) is 0 Å². The first kappa shape index (κ1) is 13.6. The van der Waals surface area contributed by atoms with Gasteiger partial charge in [0.1, 0.15) is 0 Å². The first-order valence-corrected chi connectivity index (χ1v) is 7.23. The Morgan fingerprint density at radius 3 is 1.05 bits per heavy atom. The largest absolute Gasteiger partial charge is 0.0622 e. The molecular formula is C21H18. The Morgan fingerprint density at radius 2 is 0.810 bits per heavy atom. The van der Waals surface area contributed by atoms with Crippen molar-refractivity contribution in [3.8, 4) is 0 Å². The summed E-state index contributed by atoms with van der Waals surface area (Å²) in [7, 11) is 0. The predicted octanol–water partition coefficient (Wildman–Crippen LogP) is 5.12. The predicted molar refractivity (Wildman–Crippen MR) is 88.1 cm³/mol. The molecule has 3 rings (SSSR count). The molecule has 0 aliphatic heterocycles. The fraction of sp³-hybridized carbons (Fsp3) is 0.0952. The van der Waals surface area contributed by atoms with Crippen LogP contribution in [0.5, 0.6) is 0 Å². The summed E-state index contributed by atoms with van der Waals surface area (Å²) in [6.07, 6.45) is 3.56. The monoisotopic (exact) mass is 270 g/mol. The van der Waals surface area contributed by atoms with Crippen LogP contribution in [0, 0.1) is 6.42 Å². The fourth-order valence-corrected chi connectivity index (χ4v) is 3.00. The van der Waals surface area contributed by atoms with Crippen LogP contribution in [-0.4, -0.2) is 0 Å². The zero-order chi connectivity index (χ0) is 14.5. The van der Waals surface area contributed by atoms with E-state index < -0.39 is 0 Å². The van der Waals surface area contributed by atoms with Gasteiger partial charge in [-0.05, 0) is 16.7 Å². The van der Waals surface area contributed by atoms with E-state index in [9.17, 15) is 0 Å². The van der Waals surface area contributed by atoms with Gasteiger partial charge in [-0.2, -0.15) is 0 Å². The first-order chi connectivity index (χ1) is 10.4. The molecule has 0 nitrogen and oxygen atoms in total. The lowest BCUT2D eigenvalue weighted by Crippen LogP contribution is -2.29. The summed E-state index contributed by atoms with van der Waals surface area (Å²) in [5.74, 6) is 0. The molecule has 0 amide bonds. The molecular weight excluding hydrogens is 252 g/mol. The summed E-state index contributed by atoms with van der Waals surface area (Å²) in [4.78, 5) is 0. The van der Waals surface area contributed by atoms with Gasteiger partial charge in [0, 0.05) is 6.42 Å². The molecule has 0 N–H and O–H groups in total. The third-order valence-electron chi connectivity index (χ3n) is 4.00. The molecule has 0 atom stereocenters. The minimum atomic E-state index is -0.330.